The van der Waals surface area contributed by atoms with Gasteiger partial charge in [-0.1, -0.05) is 35.3 Å². The second-order valence-electron chi connectivity index (χ2n) is 5.97. The molecule has 0 saturated heterocycles. The third kappa shape index (κ3) is 5.15. The summed E-state index contributed by atoms with van der Waals surface area (Å²) in [5.41, 5.74) is 4.20. The molecule has 30 heavy (non-hydrogen) atoms. The van der Waals surface area contributed by atoms with E-state index in [0.29, 0.717) is 26.6 Å². The predicted molar refractivity (Wildman–Crippen MR) is 117 cm³/mol. The Hall–Kier alpha value is -2.94. The molecule has 0 aliphatic rings. The first-order chi connectivity index (χ1) is 14.6. The van der Waals surface area contributed by atoms with Crippen LogP contribution < -0.4 is 10.2 Å². The number of imidazole rings is 1. The highest BCUT2D eigenvalue weighted by atomic mass is 35.5. The fourth-order valence-electron chi connectivity index (χ4n) is 2.47. The lowest BCUT2D eigenvalue weighted by Crippen LogP contribution is -2.24. The van der Waals surface area contributed by atoms with Gasteiger partial charge in [-0.25, -0.2) is 10.4 Å². The number of furan rings is 1. The highest BCUT2D eigenvalue weighted by Gasteiger charge is 2.08. The molecular formula is C20H14Cl2N4O3S. The molecular weight excluding hydrogens is 447 g/mol. The number of amides is 1. The minimum atomic E-state index is -0.444. The minimum absolute atomic E-state index is 0.246. The van der Waals surface area contributed by atoms with E-state index in [0.717, 1.165) is 16.2 Å². The lowest BCUT2D eigenvalue weighted by atomic mass is 10.3. The van der Waals surface area contributed by atoms with Gasteiger partial charge in [-0.2, -0.15) is 5.10 Å². The van der Waals surface area contributed by atoms with Crippen LogP contribution in [0.15, 0.2) is 74.4 Å². The molecule has 0 aliphatic carbocycles. The molecule has 2 N–H and O–H groups in total. The number of rotatable bonds is 7. The number of ether oxygens (including phenoxy) is 1. The Bertz CT molecular complexity index is 1190. The fourth-order valence-corrected chi connectivity index (χ4v) is 3.70. The Balaban J connectivity index is 1.28. The number of hydrazone groups is 1. The number of fused-ring (bicyclic) bond motifs is 1. The number of hydrogen-bond donors (Lipinski definition) is 2. The van der Waals surface area contributed by atoms with E-state index >= 15 is 0 Å². The van der Waals surface area contributed by atoms with Crippen molar-refractivity contribution >= 4 is 58.1 Å². The monoisotopic (exact) mass is 460 g/mol. The molecule has 0 atom stereocenters. The summed E-state index contributed by atoms with van der Waals surface area (Å²) in [5.74, 6) is 0.398. The first-order valence-corrected chi connectivity index (χ1v) is 10.3. The van der Waals surface area contributed by atoms with E-state index in [1.54, 1.807) is 24.3 Å². The third-order valence-electron chi connectivity index (χ3n) is 3.80. The standard InChI is InChI=1S/C20H14Cl2N4O3S/c21-12-5-7-17(14(22)9-12)28-11-18(27)26-23-10-13-6-8-19(29-13)30-20-24-15-3-1-2-4-16(15)25-20/h1-10H,11H2,(H,24,25)(H,26,27)/b23-10+. The van der Waals surface area contributed by atoms with Gasteiger partial charge in [-0.15, -0.1) is 0 Å². The smallest absolute Gasteiger partial charge is 0.277 e. The first kappa shape index (κ1) is 20.3. The van der Waals surface area contributed by atoms with Gasteiger partial charge in [-0.3, -0.25) is 4.79 Å². The number of nitrogens with one attached hydrogen (secondary N) is 2. The summed E-state index contributed by atoms with van der Waals surface area (Å²) in [7, 11) is 0. The van der Waals surface area contributed by atoms with Gasteiger partial charge >= 0.3 is 0 Å². The van der Waals surface area contributed by atoms with E-state index in [1.807, 2.05) is 24.3 Å². The van der Waals surface area contributed by atoms with Crippen LogP contribution in [0.4, 0.5) is 0 Å². The van der Waals surface area contributed by atoms with Crippen molar-refractivity contribution < 1.29 is 13.9 Å². The molecule has 4 aromatic rings. The summed E-state index contributed by atoms with van der Waals surface area (Å²) in [4.78, 5) is 19.6. The third-order valence-corrected chi connectivity index (χ3v) is 5.14. The van der Waals surface area contributed by atoms with Crippen molar-refractivity contribution in [3.63, 3.8) is 0 Å². The minimum Gasteiger partial charge on any atom is -0.482 e. The van der Waals surface area contributed by atoms with Crippen molar-refractivity contribution in [2.24, 2.45) is 5.10 Å². The number of aromatic amines is 1. The van der Waals surface area contributed by atoms with Crippen molar-refractivity contribution in [2.75, 3.05) is 6.61 Å². The number of carbonyl (C=O) groups excluding carboxylic acids is 1. The van der Waals surface area contributed by atoms with Gasteiger partial charge in [0.1, 0.15) is 11.5 Å². The van der Waals surface area contributed by atoms with Gasteiger partial charge in [0.25, 0.3) is 5.91 Å². The first-order valence-electron chi connectivity index (χ1n) is 8.69. The molecule has 7 nitrogen and oxygen atoms in total. The molecule has 0 aliphatic heterocycles. The second kappa shape index (κ2) is 9.25. The number of para-hydroxylation sites is 2. The molecule has 10 heteroatoms. The van der Waals surface area contributed by atoms with Gasteiger partial charge in [0.2, 0.25) is 0 Å². The van der Waals surface area contributed by atoms with Crippen molar-refractivity contribution in [3.05, 3.63) is 70.4 Å². The summed E-state index contributed by atoms with van der Waals surface area (Å²) in [6, 6.07) is 16.1. The summed E-state index contributed by atoms with van der Waals surface area (Å²) < 4.78 is 11.0. The van der Waals surface area contributed by atoms with E-state index in [9.17, 15) is 4.79 Å². The molecule has 0 fully saturated rings. The molecule has 2 aromatic heterocycles. The molecule has 2 heterocycles. The molecule has 1 amide bonds. The SMILES string of the molecule is O=C(COc1ccc(Cl)cc1Cl)N/N=C/c1ccc(Sc2nc3ccccc3[nH]2)o1. The van der Waals surface area contributed by atoms with Crippen molar-refractivity contribution in [1.29, 1.82) is 0 Å². The number of aromatic nitrogens is 2. The van der Waals surface area contributed by atoms with Crippen LogP contribution in [0.3, 0.4) is 0 Å². The maximum Gasteiger partial charge on any atom is 0.277 e. The fraction of sp³-hybridized carbons (Fsp3) is 0.0500. The largest absolute Gasteiger partial charge is 0.482 e. The van der Waals surface area contributed by atoms with E-state index < -0.39 is 5.91 Å². The second-order valence-corrected chi connectivity index (χ2v) is 7.81. The highest BCUT2D eigenvalue weighted by Crippen LogP contribution is 2.29. The molecule has 0 saturated carbocycles. The maximum absolute atomic E-state index is 11.9. The molecule has 0 radical (unpaired) electrons. The summed E-state index contributed by atoms with van der Waals surface area (Å²) in [5, 5.41) is 6.03. The number of H-pyrrole nitrogens is 1. The molecule has 0 spiro atoms. The Morgan fingerprint density at radius 1 is 1.23 bits per heavy atom. The maximum atomic E-state index is 11.9. The van der Waals surface area contributed by atoms with E-state index in [2.05, 4.69) is 20.5 Å². The summed E-state index contributed by atoms with van der Waals surface area (Å²) in [6.07, 6.45) is 1.40. The van der Waals surface area contributed by atoms with Gasteiger partial charge in [0.15, 0.2) is 16.9 Å². The summed E-state index contributed by atoms with van der Waals surface area (Å²) in [6.45, 7) is -0.246. The molecule has 4 rings (SSSR count). The average Bonchev–Trinajstić information content (AvgIpc) is 3.33. The zero-order valence-corrected chi connectivity index (χ0v) is 17.6. The normalized spacial score (nSPS) is 11.3. The van der Waals surface area contributed by atoms with Crippen LogP contribution in [-0.4, -0.2) is 28.7 Å². The van der Waals surface area contributed by atoms with Crippen molar-refractivity contribution in [3.8, 4) is 5.75 Å². The van der Waals surface area contributed by atoms with Crippen LogP contribution in [0.1, 0.15) is 5.76 Å². The Labute approximate surface area is 185 Å². The predicted octanol–water partition coefficient (Wildman–Crippen LogP) is 5.14. The van der Waals surface area contributed by atoms with Crippen LogP contribution in [0.2, 0.25) is 10.0 Å². The van der Waals surface area contributed by atoms with Gasteiger partial charge < -0.3 is 14.1 Å². The Morgan fingerprint density at radius 3 is 2.93 bits per heavy atom. The van der Waals surface area contributed by atoms with Crippen LogP contribution >= 0.6 is 35.0 Å². The topological polar surface area (TPSA) is 92.5 Å². The molecule has 152 valence electrons. The van der Waals surface area contributed by atoms with Crippen LogP contribution in [0.25, 0.3) is 11.0 Å². The van der Waals surface area contributed by atoms with E-state index in [1.165, 1.54) is 24.0 Å². The molecule has 0 bridgehead atoms. The van der Waals surface area contributed by atoms with Gasteiger partial charge in [-0.05, 0) is 54.2 Å². The Morgan fingerprint density at radius 2 is 2.10 bits per heavy atom. The number of halogens is 2. The lowest BCUT2D eigenvalue weighted by molar-refractivity contribution is -0.123. The van der Waals surface area contributed by atoms with Crippen LogP contribution in [-0.2, 0) is 4.79 Å². The van der Waals surface area contributed by atoms with E-state index in [-0.39, 0.29) is 6.61 Å². The van der Waals surface area contributed by atoms with Crippen molar-refractivity contribution in [2.45, 2.75) is 10.2 Å². The quantitative estimate of drug-likeness (QED) is 0.294. The summed E-state index contributed by atoms with van der Waals surface area (Å²) >= 11 is 13.2. The molecule has 0 unspecified atom stereocenters. The number of carbonyl (C=O) groups is 1. The average molecular weight is 461 g/mol. The van der Waals surface area contributed by atoms with Crippen LogP contribution in [0.5, 0.6) is 5.75 Å². The molecule has 2 aromatic carbocycles. The van der Waals surface area contributed by atoms with Crippen LogP contribution in [0, 0.1) is 0 Å². The van der Waals surface area contributed by atoms with Gasteiger partial charge in [0.05, 0.1) is 22.3 Å². The number of hydrogen-bond acceptors (Lipinski definition) is 6. The zero-order valence-electron chi connectivity index (χ0n) is 15.3. The van der Waals surface area contributed by atoms with Gasteiger partial charge in [0, 0.05) is 5.02 Å². The van der Waals surface area contributed by atoms with Crippen molar-refractivity contribution in [1.82, 2.24) is 15.4 Å². The lowest BCUT2D eigenvalue weighted by Gasteiger charge is -2.06. The van der Waals surface area contributed by atoms with E-state index in [4.69, 9.17) is 32.4 Å². The zero-order chi connectivity index (χ0) is 20.9. The number of benzene rings is 2. The Kier molecular flexibility index (Phi) is 6.27. The number of nitrogens with zero attached hydrogens (tertiary/aromatic N) is 2. The highest BCUT2D eigenvalue weighted by molar-refractivity contribution is 7.99.